The van der Waals surface area contributed by atoms with Gasteiger partial charge in [0.05, 0.1) is 17.9 Å². The Morgan fingerprint density at radius 3 is 2.65 bits per heavy atom. The van der Waals surface area contributed by atoms with Gasteiger partial charge in [-0.25, -0.2) is 4.79 Å². The Labute approximate surface area is 137 Å². The van der Waals surface area contributed by atoms with E-state index in [-0.39, 0.29) is 18.1 Å². The van der Waals surface area contributed by atoms with E-state index in [0.29, 0.717) is 16.4 Å². The Morgan fingerprint density at radius 2 is 2.00 bits per heavy atom. The van der Waals surface area contributed by atoms with Crippen molar-refractivity contribution in [3.63, 3.8) is 0 Å². The number of aryl methyl sites for hydroxylation is 1. The first-order valence-corrected chi connectivity index (χ1v) is 7.35. The summed E-state index contributed by atoms with van der Waals surface area (Å²) in [7, 11) is 0. The number of anilines is 1. The van der Waals surface area contributed by atoms with E-state index in [9.17, 15) is 4.79 Å². The smallest absolute Gasteiger partial charge is 0.362 e. The van der Waals surface area contributed by atoms with Gasteiger partial charge in [-0.2, -0.15) is 9.61 Å². The third-order valence-electron chi connectivity index (χ3n) is 3.35. The van der Waals surface area contributed by atoms with E-state index in [1.54, 1.807) is 19.1 Å². The number of esters is 1. The summed E-state index contributed by atoms with van der Waals surface area (Å²) < 4.78 is 6.32. The number of hydrogen-bond donors (Lipinski definition) is 1. The molecular formula is C15H14ClN5O2. The molecule has 0 aliphatic rings. The lowest BCUT2D eigenvalue weighted by Gasteiger charge is -2.05. The molecule has 0 amide bonds. The fraction of sp³-hybridized carbons (Fsp3) is 0.200. The van der Waals surface area contributed by atoms with Crippen LogP contribution in [0.5, 0.6) is 0 Å². The van der Waals surface area contributed by atoms with Crippen molar-refractivity contribution < 1.29 is 9.53 Å². The number of nitrogens with two attached hydrogens (primary N) is 1. The maximum absolute atomic E-state index is 11.8. The van der Waals surface area contributed by atoms with Crippen LogP contribution in [-0.4, -0.2) is 32.4 Å². The summed E-state index contributed by atoms with van der Waals surface area (Å²) in [5, 5.41) is 13.0. The largest absolute Gasteiger partial charge is 0.461 e. The second-order valence-corrected chi connectivity index (χ2v) is 5.29. The number of nitrogens with zero attached hydrogens (tertiary/aromatic N) is 4. The van der Waals surface area contributed by atoms with Gasteiger partial charge < -0.3 is 10.5 Å². The molecule has 3 aromatic rings. The summed E-state index contributed by atoms with van der Waals surface area (Å²) >= 11 is 5.92. The van der Waals surface area contributed by atoms with Crippen LogP contribution in [0.1, 0.15) is 23.1 Å². The predicted molar refractivity (Wildman–Crippen MR) is 86.3 cm³/mol. The minimum absolute atomic E-state index is 0.0514. The fourth-order valence-electron chi connectivity index (χ4n) is 2.32. The highest BCUT2D eigenvalue weighted by molar-refractivity contribution is 6.30. The Kier molecular flexibility index (Phi) is 3.87. The molecule has 0 radical (unpaired) electrons. The Balaban J connectivity index is 2.19. The zero-order valence-electron chi connectivity index (χ0n) is 12.6. The van der Waals surface area contributed by atoms with Crippen molar-refractivity contribution in [3.05, 3.63) is 40.7 Å². The van der Waals surface area contributed by atoms with Crippen molar-refractivity contribution >= 4 is 29.0 Å². The molecule has 0 aliphatic heterocycles. The maximum atomic E-state index is 11.8. The van der Waals surface area contributed by atoms with Gasteiger partial charge in [0.25, 0.3) is 0 Å². The van der Waals surface area contributed by atoms with Crippen LogP contribution in [0, 0.1) is 6.92 Å². The molecule has 0 saturated heterocycles. The van der Waals surface area contributed by atoms with Crippen LogP contribution in [-0.2, 0) is 4.74 Å². The molecule has 0 fully saturated rings. The van der Waals surface area contributed by atoms with E-state index in [0.717, 1.165) is 11.1 Å². The molecule has 2 heterocycles. The number of fused-ring (bicyclic) bond motifs is 1. The van der Waals surface area contributed by atoms with Gasteiger partial charge in [0.2, 0.25) is 5.69 Å². The standard InChI is InChI=1S/C15H14ClN5O2/c1-3-23-15(22)12-13(17)21-14(19-18-12)11(8(2)20-21)9-4-6-10(16)7-5-9/h4-7H,3,17H2,1-2H3. The molecule has 0 aliphatic carbocycles. The molecule has 2 N–H and O–H groups in total. The van der Waals surface area contributed by atoms with Crippen LogP contribution in [0.3, 0.4) is 0 Å². The van der Waals surface area contributed by atoms with Crippen molar-refractivity contribution in [2.45, 2.75) is 13.8 Å². The average Bonchev–Trinajstić information content (AvgIpc) is 2.86. The normalized spacial score (nSPS) is 10.9. The summed E-state index contributed by atoms with van der Waals surface area (Å²) in [6.07, 6.45) is 0. The van der Waals surface area contributed by atoms with Gasteiger partial charge in [-0.05, 0) is 31.5 Å². The third-order valence-corrected chi connectivity index (χ3v) is 3.61. The number of hydrogen-bond acceptors (Lipinski definition) is 6. The first-order valence-electron chi connectivity index (χ1n) is 6.97. The number of rotatable bonds is 3. The van der Waals surface area contributed by atoms with Crippen LogP contribution in [0.15, 0.2) is 24.3 Å². The van der Waals surface area contributed by atoms with Crippen molar-refractivity contribution in [1.29, 1.82) is 0 Å². The lowest BCUT2D eigenvalue weighted by atomic mass is 10.1. The van der Waals surface area contributed by atoms with Crippen LogP contribution >= 0.6 is 11.6 Å². The predicted octanol–water partition coefficient (Wildman–Crippen LogP) is 2.51. The van der Waals surface area contributed by atoms with E-state index in [1.807, 2.05) is 19.1 Å². The van der Waals surface area contributed by atoms with Gasteiger partial charge in [0.15, 0.2) is 11.5 Å². The van der Waals surface area contributed by atoms with Crippen molar-refractivity contribution in [2.75, 3.05) is 12.3 Å². The van der Waals surface area contributed by atoms with Gasteiger partial charge in [-0.1, -0.05) is 23.7 Å². The zero-order valence-corrected chi connectivity index (χ0v) is 13.3. The van der Waals surface area contributed by atoms with Gasteiger partial charge in [-0.15, -0.1) is 10.2 Å². The molecule has 1 aromatic carbocycles. The number of carbonyl (C=O) groups is 1. The highest BCUT2D eigenvalue weighted by Gasteiger charge is 2.21. The topological polar surface area (TPSA) is 95.4 Å². The monoisotopic (exact) mass is 331 g/mol. The minimum Gasteiger partial charge on any atom is -0.461 e. The summed E-state index contributed by atoms with van der Waals surface area (Å²) in [5.74, 6) is -0.530. The molecule has 0 saturated carbocycles. The molecule has 0 bridgehead atoms. The summed E-state index contributed by atoms with van der Waals surface area (Å²) in [4.78, 5) is 11.8. The van der Waals surface area contributed by atoms with E-state index in [2.05, 4.69) is 15.3 Å². The first kappa shape index (κ1) is 15.2. The summed E-state index contributed by atoms with van der Waals surface area (Å²) in [6, 6.07) is 7.29. The molecule has 0 atom stereocenters. The van der Waals surface area contributed by atoms with E-state index >= 15 is 0 Å². The van der Waals surface area contributed by atoms with E-state index in [1.165, 1.54) is 4.52 Å². The first-order chi connectivity index (χ1) is 11.0. The molecule has 23 heavy (non-hydrogen) atoms. The molecule has 0 spiro atoms. The van der Waals surface area contributed by atoms with Crippen LogP contribution < -0.4 is 5.73 Å². The zero-order chi connectivity index (χ0) is 16.6. The summed E-state index contributed by atoms with van der Waals surface area (Å²) in [6.45, 7) is 3.77. The lowest BCUT2D eigenvalue weighted by molar-refractivity contribution is 0.0519. The minimum atomic E-state index is -0.624. The van der Waals surface area contributed by atoms with Crippen LogP contribution in [0.4, 0.5) is 5.82 Å². The Bertz CT molecular complexity index is 889. The van der Waals surface area contributed by atoms with Crippen molar-refractivity contribution in [3.8, 4) is 11.1 Å². The van der Waals surface area contributed by atoms with Crippen molar-refractivity contribution in [2.24, 2.45) is 0 Å². The average molecular weight is 332 g/mol. The Hall–Kier alpha value is -2.67. The number of benzene rings is 1. The van der Waals surface area contributed by atoms with Crippen LogP contribution in [0.2, 0.25) is 5.02 Å². The SMILES string of the molecule is CCOC(=O)c1nnc2c(-c3ccc(Cl)cc3)c(C)nn2c1N. The molecule has 7 nitrogen and oxygen atoms in total. The van der Waals surface area contributed by atoms with Gasteiger partial charge in [-0.3, -0.25) is 0 Å². The molecule has 8 heteroatoms. The van der Waals surface area contributed by atoms with Gasteiger partial charge >= 0.3 is 5.97 Å². The van der Waals surface area contributed by atoms with Gasteiger partial charge in [0, 0.05) is 5.02 Å². The molecule has 2 aromatic heterocycles. The third kappa shape index (κ3) is 2.59. The van der Waals surface area contributed by atoms with Crippen molar-refractivity contribution in [1.82, 2.24) is 19.8 Å². The second kappa shape index (κ2) is 5.85. The van der Waals surface area contributed by atoms with E-state index in [4.69, 9.17) is 22.1 Å². The molecule has 3 rings (SSSR count). The number of aromatic nitrogens is 4. The fourth-order valence-corrected chi connectivity index (χ4v) is 2.45. The highest BCUT2D eigenvalue weighted by atomic mass is 35.5. The molecule has 0 unspecified atom stereocenters. The molecular weight excluding hydrogens is 318 g/mol. The quantitative estimate of drug-likeness (QED) is 0.741. The molecule has 118 valence electrons. The Morgan fingerprint density at radius 1 is 1.30 bits per heavy atom. The highest BCUT2D eigenvalue weighted by Crippen LogP contribution is 2.29. The van der Waals surface area contributed by atoms with Crippen LogP contribution in [0.25, 0.3) is 16.8 Å². The second-order valence-electron chi connectivity index (χ2n) is 4.86. The lowest BCUT2D eigenvalue weighted by Crippen LogP contribution is -2.15. The number of carbonyl (C=O) groups excluding carboxylic acids is 1. The number of ether oxygens (including phenoxy) is 1. The maximum Gasteiger partial charge on any atom is 0.362 e. The number of halogens is 1. The van der Waals surface area contributed by atoms with Gasteiger partial charge in [0.1, 0.15) is 0 Å². The summed E-state index contributed by atoms with van der Waals surface area (Å²) in [5.41, 5.74) is 8.82. The number of nitrogen functional groups attached to an aromatic ring is 1. The van der Waals surface area contributed by atoms with E-state index < -0.39 is 5.97 Å².